The number of hydrogen-bond acceptors (Lipinski definition) is 3. The molecule has 0 spiro atoms. The molecular weight excluding hydrogens is 192 g/mol. The minimum atomic E-state index is 0.0498. The molecule has 1 rings (SSSR count). The summed E-state index contributed by atoms with van der Waals surface area (Å²) in [6.07, 6.45) is 4.61. The van der Waals surface area contributed by atoms with Crippen LogP contribution in [-0.4, -0.2) is 28.1 Å². The van der Waals surface area contributed by atoms with Crippen LogP contribution < -0.4 is 0 Å². The Balaban J connectivity index is 2.09. The molecule has 0 unspecified atom stereocenters. The van der Waals surface area contributed by atoms with E-state index in [0.29, 0.717) is 12.5 Å². The third kappa shape index (κ3) is 4.95. The molecule has 1 N–H and O–H groups in total. The Kier molecular flexibility index (Phi) is 5.36. The Morgan fingerprint density at radius 1 is 1.47 bits per heavy atom. The molecule has 0 bridgehead atoms. The summed E-state index contributed by atoms with van der Waals surface area (Å²) in [6.45, 7) is 6.66. The summed E-state index contributed by atoms with van der Waals surface area (Å²) < 4.78 is 7.26. The van der Waals surface area contributed by atoms with E-state index in [9.17, 15) is 0 Å². The lowest BCUT2D eigenvalue weighted by molar-refractivity contribution is 0.114. The van der Waals surface area contributed by atoms with Crippen molar-refractivity contribution in [2.45, 2.75) is 33.4 Å². The van der Waals surface area contributed by atoms with E-state index in [2.05, 4.69) is 18.9 Å². The highest BCUT2D eigenvalue weighted by molar-refractivity contribution is 5.01. The molecule has 0 saturated heterocycles. The van der Waals surface area contributed by atoms with Crippen LogP contribution in [0, 0.1) is 5.92 Å². The van der Waals surface area contributed by atoms with Gasteiger partial charge in [0.05, 0.1) is 26.0 Å². The second kappa shape index (κ2) is 6.58. The smallest absolute Gasteiger partial charge is 0.0712 e. The Bertz CT molecular complexity index is 271. The summed E-state index contributed by atoms with van der Waals surface area (Å²) in [6, 6.07) is 0. The highest BCUT2D eigenvalue weighted by atomic mass is 16.5. The van der Waals surface area contributed by atoms with E-state index in [1.54, 1.807) is 10.9 Å². The lowest BCUT2D eigenvalue weighted by atomic mass is 10.1. The van der Waals surface area contributed by atoms with Gasteiger partial charge in [0.15, 0.2) is 0 Å². The molecule has 1 heterocycles. The van der Waals surface area contributed by atoms with Gasteiger partial charge in [0.1, 0.15) is 0 Å². The van der Waals surface area contributed by atoms with Gasteiger partial charge in [-0.1, -0.05) is 13.8 Å². The van der Waals surface area contributed by atoms with Crippen LogP contribution in [-0.2, 0) is 17.9 Å². The molecule has 0 aromatic carbocycles. The van der Waals surface area contributed by atoms with Crippen molar-refractivity contribution < 1.29 is 9.84 Å². The summed E-state index contributed by atoms with van der Waals surface area (Å²) in [4.78, 5) is 0. The normalized spacial score (nSPS) is 11.2. The van der Waals surface area contributed by atoms with Crippen molar-refractivity contribution >= 4 is 0 Å². The maximum Gasteiger partial charge on any atom is 0.0712 e. The number of aliphatic hydroxyl groups excluding tert-OH is 1. The highest BCUT2D eigenvalue weighted by Crippen LogP contribution is 2.00. The van der Waals surface area contributed by atoms with Crippen LogP contribution in [0.15, 0.2) is 12.4 Å². The molecule has 4 heteroatoms. The zero-order chi connectivity index (χ0) is 11.1. The van der Waals surface area contributed by atoms with Crippen LogP contribution >= 0.6 is 0 Å². The monoisotopic (exact) mass is 212 g/mol. The summed E-state index contributed by atoms with van der Waals surface area (Å²) in [7, 11) is 0. The molecule has 1 aromatic heterocycles. The van der Waals surface area contributed by atoms with Gasteiger partial charge in [-0.15, -0.1) is 0 Å². The summed E-state index contributed by atoms with van der Waals surface area (Å²) >= 11 is 0. The van der Waals surface area contributed by atoms with Crippen LogP contribution in [0.4, 0.5) is 0 Å². The SMILES string of the molecule is CC(C)CCOCCn1cc(CO)cn1. The van der Waals surface area contributed by atoms with Crippen LogP contribution in [0.3, 0.4) is 0 Å². The van der Waals surface area contributed by atoms with E-state index in [1.165, 1.54) is 0 Å². The molecule has 0 aliphatic heterocycles. The van der Waals surface area contributed by atoms with E-state index in [1.807, 2.05) is 6.20 Å². The Morgan fingerprint density at radius 3 is 2.87 bits per heavy atom. The van der Waals surface area contributed by atoms with Gasteiger partial charge >= 0.3 is 0 Å². The van der Waals surface area contributed by atoms with Gasteiger partial charge in [0, 0.05) is 18.4 Å². The number of aliphatic hydroxyl groups is 1. The summed E-state index contributed by atoms with van der Waals surface area (Å²) in [5.74, 6) is 0.690. The van der Waals surface area contributed by atoms with Crippen LogP contribution in [0.25, 0.3) is 0 Å². The number of ether oxygens (including phenoxy) is 1. The maximum absolute atomic E-state index is 8.84. The van der Waals surface area contributed by atoms with Crippen LogP contribution in [0.5, 0.6) is 0 Å². The lowest BCUT2D eigenvalue weighted by Gasteiger charge is -2.06. The van der Waals surface area contributed by atoms with Crippen LogP contribution in [0.1, 0.15) is 25.8 Å². The molecule has 86 valence electrons. The maximum atomic E-state index is 8.84. The zero-order valence-corrected chi connectivity index (χ0v) is 9.52. The van der Waals surface area contributed by atoms with Gasteiger partial charge < -0.3 is 9.84 Å². The molecule has 0 atom stereocenters. The predicted octanol–water partition coefficient (Wildman–Crippen LogP) is 1.44. The van der Waals surface area contributed by atoms with Crippen molar-refractivity contribution in [1.82, 2.24) is 9.78 Å². The van der Waals surface area contributed by atoms with E-state index in [4.69, 9.17) is 9.84 Å². The standard InChI is InChI=1S/C11H20N2O2/c1-10(2)3-5-15-6-4-13-8-11(9-14)7-12-13/h7-8,10,14H,3-6,9H2,1-2H3. The predicted molar refractivity (Wildman–Crippen MR) is 58.4 cm³/mol. The zero-order valence-electron chi connectivity index (χ0n) is 9.52. The molecule has 0 radical (unpaired) electrons. The number of nitrogens with zero attached hydrogens (tertiary/aromatic N) is 2. The first-order chi connectivity index (χ1) is 7.22. The summed E-state index contributed by atoms with van der Waals surface area (Å²) in [5, 5.41) is 12.9. The van der Waals surface area contributed by atoms with Gasteiger partial charge in [0.25, 0.3) is 0 Å². The van der Waals surface area contributed by atoms with Crippen molar-refractivity contribution in [2.24, 2.45) is 5.92 Å². The van der Waals surface area contributed by atoms with Gasteiger partial charge in [-0.3, -0.25) is 4.68 Å². The second-order valence-corrected chi connectivity index (χ2v) is 4.06. The minimum Gasteiger partial charge on any atom is -0.392 e. The van der Waals surface area contributed by atoms with Crippen molar-refractivity contribution in [1.29, 1.82) is 0 Å². The molecule has 15 heavy (non-hydrogen) atoms. The Labute approximate surface area is 90.9 Å². The van der Waals surface area contributed by atoms with Crippen LogP contribution in [0.2, 0.25) is 0 Å². The molecular formula is C11H20N2O2. The van der Waals surface area contributed by atoms with Gasteiger partial charge in [-0.25, -0.2) is 0 Å². The van der Waals surface area contributed by atoms with Crippen molar-refractivity contribution in [3.8, 4) is 0 Å². The third-order valence-electron chi connectivity index (χ3n) is 2.17. The Morgan fingerprint density at radius 2 is 2.27 bits per heavy atom. The first kappa shape index (κ1) is 12.2. The van der Waals surface area contributed by atoms with Crippen molar-refractivity contribution in [3.05, 3.63) is 18.0 Å². The van der Waals surface area contributed by atoms with Crippen molar-refractivity contribution in [2.75, 3.05) is 13.2 Å². The van der Waals surface area contributed by atoms with Gasteiger partial charge in [-0.2, -0.15) is 5.10 Å². The fourth-order valence-corrected chi connectivity index (χ4v) is 1.19. The molecule has 0 saturated carbocycles. The van der Waals surface area contributed by atoms with Crippen molar-refractivity contribution in [3.63, 3.8) is 0 Å². The van der Waals surface area contributed by atoms with E-state index in [0.717, 1.165) is 25.1 Å². The number of rotatable bonds is 7. The average Bonchev–Trinajstić information content (AvgIpc) is 2.65. The third-order valence-corrected chi connectivity index (χ3v) is 2.17. The minimum absolute atomic E-state index is 0.0498. The second-order valence-electron chi connectivity index (χ2n) is 4.06. The highest BCUT2D eigenvalue weighted by Gasteiger charge is 1.97. The fourth-order valence-electron chi connectivity index (χ4n) is 1.19. The number of hydrogen-bond donors (Lipinski definition) is 1. The quantitative estimate of drug-likeness (QED) is 0.696. The summed E-state index contributed by atoms with van der Waals surface area (Å²) in [5.41, 5.74) is 0.845. The Hall–Kier alpha value is -0.870. The molecule has 0 amide bonds. The molecule has 0 fully saturated rings. The molecule has 4 nitrogen and oxygen atoms in total. The molecule has 0 aliphatic carbocycles. The van der Waals surface area contributed by atoms with Gasteiger partial charge in [0.2, 0.25) is 0 Å². The number of aromatic nitrogens is 2. The van der Waals surface area contributed by atoms with Gasteiger partial charge in [-0.05, 0) is 12.3 Å². The largest absolute Gasteiger partial charge is 0.392 e. The van der Waals surface area contributed by atoms with E-state index in [-0.39, 0.29) is 6.61 Å². The molecule has 1 aromatic rings. The topological polar surface area (TPSA) is 47.3 Å². The lowest BCUT2D eigenvalue weighted by Crippen LogP contribution is -2.08. The first-order valence-corrected chi connectivity index (χ1v) is 5.42. The first-order valence-electron chi connectivity index (χ1n) is 5.42. The molecule has 0 aliphatic rings. The average molecular weight is 212 g/mol. The van der Waals surface area contributed by atoms with E-state index < -0.39 is 0 Å². The van der Waals surface area contributed by atoms with E-state index >= 15 is 0 Å². The fraction of sp³-hybridized carbons (Fsp3) is 0.727.